The summed E-state index contributed by atoms with van der Waals surface area (Å²) < 4.78 is 39.2. The largest absolute Gasteiger partial charge is 0.460 e. The minimum atomic E-state index is -4.28. The summed E-state index contributed by atoms with van der Waals surface area (Å²) in [4.78, 5) is 0.602. The molecule has 0 saturated carbocycles. The quantitative estimate of drug-likeness (QED) is 0.847. The molecule has 0 aliphatic carbocycles. The molecule has 1 aliphatic rings. The van der Waals surface area contributed by atoms with Gasteiger partial charge < -0.3 is 5.32 Å². The standard InChI is InChI=1S/C14H19F3N2/c15-14(16,17)19(10-12-6-2-1-3-7-12)11-13-8-4-5-9-18-13/h1-3,6-7,13,18H,4-5,8-11H2/t13-/m0/s1. The van der Waals surface area contributed by atoms with Crippen LogP contribution < -0.4 is 5.32 Å². The molecule has 1 heterocycles. The number of benzene rings is 1. The maximum atomic E-state index is 13.1. The lowest BCUT2D eigenvalue weighted by Gasteiger charge is -2.31. The van der Waals surface area contributed by atoms with Crippen LogP contribution in [0.1, 0.15) is 24.8 Å². The van der Waals surface area contributed by atoms with Crippen molar-refractivity contribution in [2.24, 2.45) is 0 Å². The summed E-state index contributed by atoms with van der Waals surface area (Å²) >= 11 is 0. The van der Waals surface area contributed by atoms with Crippen molar-refractivity contribution >= 4 is 0 Å². The third-order valence-electron chi connectivity index (χ3n) is 3.43. The summed E-state index contributed by atoms with van der Waals surface area (Å²) in [6.45, 7) is 0.766. The van der Waals surface area contributed by atoms with Crippen molar-refractivity contribution in [1.82, 2.24) is 10.2 Å². The number of nitrogens with one attached hydrogen (secondary N) is 1. The van der Waals surface area contributed by atoms with Crippen LogP contribution in [0.15, 0.2) is 30.3 Å². The average molecular weight is 272 g/mol. The summed E-state index contributed by atoms with van der Waals surface area (Å²) in [6.07, 6.45) is -1.40. The lowest BCUT2D eigenvalue weighted by atomic mass is 10.0. The lowest BCUT2D eigenvalue weighted by molar-refractivity contribution is -0.251. The molecule has 2 rings (SSSR count). The van der Waals surface area contributed by atoms with E-state index in [9.17, 15) is 13.2 Å². The first-order chi connectivity index (χ1) is 9.05. The van der Waals surface area contributed by atoms with Crippen LogP contribution in [0.3, 0.4) is 0 Å². The molecule has 1 aromatic rings. The van der Waals surface area contributed by atoms with Gasteiger partial charge in [0.2, 0.25) is 0 Å². The Kier molecular flexibility index (Phi) is 4.82. The molecule has 19 heavy (non-hydrogen) atoms. The van der Waals surface area contributed by atoms with E-state index in [0.717, 1.165) is 25.8 Å². The van der Waals surface area contributed by atoms with E-state index in [2.05, 4.69) is 5.32 Å². The molecule has 0 amide bonds. The van der Waals surface area contributed by atoms with Gasteiger partial charge in [0.15, 0.2) is 0 Å². The smallest absolute Gasteiger partial charge is 0.313 e. The van der Waals surface area contributed by atoms with Crippen LogP contribution >= 0.6 is 0 Å². The molecule has 1 fully saturated rings. The highest BCUT2D eigenvalue weighted by Gasteiger charge is 2.38. The van der Waals surface area contributed by atoms with Gasteiger partial charge in [-0.2, -0.15) is 13.2 Å². The monoisotopic (exact) mass is 272 g/mol. The van der Waals surface area contributed by atoms with Gasteiger partial charge in [-0.25, -0.2) is 4.90 Å². The van der Waals surface area contributed by atoms with Crippen molar-refractivity contribution in [3.63, 3.8) is 0 Å². The fourth-order valence-electron chi connectivity index (χ4n) is 2.41. The molecule has 2 nitrogen and oxygen atoms in total. The molecule has 0 bridgehead atoms. The molecule has 106 valence electrons. The molecule has 1 atom stereocenters. The summed E-state index contributed by atoms with van der Waals surface area (Å²) in [5.74, 6) is 0. The van der Waals surface area contributed by atoms with Crippen LogP contribution in [-0.2, 0) is 6.54 Å². The summed E-state index contributed by atoms with van der Waals surface area (Å²) in [5, 5.41) is 3.17. The highest BCUT2D eigenvalue weighted by molar-refractivity contribution is 5.14. The highest BCUT2D eigenvalue weighted by atomic mass is 19.4. The van der Waals surface area contributed by atoms with Gasteiger partial charge in [-0.05, 0) is 24.9 Å². The number of alkyl halides is 3. The summed E-state index contributed by atoms with van der Waals surface area (Å²) in [5.41, 5.74) is 0.690. The van der Waals surface area contributed by atoms with E-state index in [1.165, 1.54) is 0 Å². The first kappa shape index (κ1) is 14.3. The zero-order chi connectivity index (χ0) is 13.7. The Labute approximate surface area is 111 Å². The van der Waals surface area contributed by atoms with E-state index in [4.69, 9.17) is 0 Å². The number of hydrogen-bond donors (Lipinski definition) is 1. The second-order valence-electron chi connectivity index (χ2n) is 4.98. The van der Waals surface area contributed by atoms with Gasteiger partial charge in [-0.3, -0.25) is 0 Å². The zero-order valence-electron chi connectivity index (χ0n) is 10.8. The highest BCUT2D eigenvalue weighted by Crippen LogP contribution is 2.25. The average Bonchev–Trinajstić information content (AvgIpc) is 2.39. The molecular weight excluding hydrogens is 253 g/mol. The second-order valence-corrected chi connectivity index (χ2v) is 4.98. The number of piperidine rings is 1. The molecule has 1 saturated heterocycles. The molecule has 1 aliphatic heterocycles. The maximum absolute atomic E-state index is 13.1. The van der Waals surface area contributed by atoms with Gasteiger partial charge >= 0.3 is 6.30 Å². The van der Waals surface area contributed by atoms with E-state index in [1.54, 1.807) is 24.3 Å². The third kappa shape index (κ3) is 4.51. The Hall–Kier alpha value is -1.07. The van der Waals surface area contributed by atoms with Crippen molar-refractivity contribution < 1.29 is 13.2 Å². The molecule has 0 aromatic heterocycles. The van der Waals surface area contributed by atoms with Gasteiger partial charge in [0.1, 0.15) is 0 Å². The van der Waals surface area contributed by atoms with E-state index in [1.807, 2.05) is 6.07 Å². The first-order valence-corrected chi connectivity index (χ1v) is 6.65. The Morgan fingerprint density at radius 1 is 1.16 bits per heavy atom. The Morgan fingerprint density at radius 2 is 1.89 bits per heavy atom. The number of rotatable bonds is 4. The van der Waals surface area contributed by atoms with Crippen LogP contribution in [0.2, 0.25) is 0 Å². The number of hydrogen-bond acceptors (Lipinski definition) is 2. The van der Waals surface area contributed by atoms with E-state index in [-0.39, 0.29) is 19.1 Å². The SMILES string of the molecule is FC(F)(F)N(Cc1ccccc1)C[C@@H]1CCCCN1. The number of halogens is 3. The molecule has 0 radical (unpaired) electrons. The van der Waals surface area contributed by atoms with Crippen LogP contribution in [0.5, 0.6) is 0 Å². The molecule has 0 spiro atoms. The Balaban J connectivity index is 1.99. The third-order valence-corrected chi connectivity index (χ3v) is 3.43. The molecule has 0 unspecified atom stereocenters. The second kappa shape index (κ2) is 6.39. The van der Waals surface area contributed by atoms with Crippen molar-refractivity contribution in [3.05, 3.63) is 35.9 Å². The van der Waals surface area contributed by atoms with E-state index >= 15 is 0 Å². The normalized spacial score (nSPS) is 20.7. The number of nitrogens with zero attached hydrogens (tertiary/aromatic N) is 1. The Morgan fingerprint density at radius 3 is 2.47 bits per heavy atom. The van der Waals surface area contributed by atoms with Gasteiger partial charge in [0.25, 0.3) is 0 Å². The summed E-state index contributed by atoms with van der Waals surface area (Å²) in [7, 11) is 0. The topological polar surface area (TPSA) is 15.3 Å². The molecule has 1 N–H and O–H groups in total. The fraction of sp³-hybridized carbons (Fsp3) is 0.571. The van der Waals surface area contributed by atoms with Gasteiger partial charge in [-0.1, -0.05) is 36.8 Å². The van der Waals surface area contributed by atoms with Gasteiger partial charge in [-0.15, -0.1) is 0 Å². The lowest BCUT2D eigenvalue weighted by Crippen LogP contribution is -2.48. The van der Waals surface area contributed by atoms with Crippen LogP contribution in [0.25, 0.3) is 0 Å². The van der Waals surface area contributed by atoms with E-state index in [0.29, 0.717) is 10.5 Å². The van der Waals surface area contributed by atoms with Crippen LogP contribution in [0.4, 0.5) is 13.2 Å². The first-order valence-electron chi connectivity index (χ1n) is 6.65. The van der Waals surface area contributed by atoms with Crippen LogP contribution in [0, 0.1) is 0 Å². The molecular formula is C14H19F3N2. The minimum absolute atomic E-state index is 0.0262. The van der Waals surface area contributed by atoms with Gasteiger partial charge in [0.05, 0.1) is 0 Å². The zero-order valence-corrected chi connectivity index (χ0v) is 10.8. The predicted octanol–water partition coefficient (Wildman–Crippen LogP) is 3.15. The van der Waals surface area contributed by atoms with Gasteiger partial charge in [0, 0.05) is 19.1 Å². The van der Waals surface area contributed by atoms with Crippen molar-refractivity contribution in [3.8, 4) is 0 Å². The van der Waals surface area contributed by atoms with E-state index < -0.39 is 6.30 Å². The molecule has 5 heteroatoms. The fourth-order valence-corrected chi connectivity index (χ4v) is 2.41. The summed E-state index contributed by atoms with van der Waals surface area (Å²) in [6, 6.07) is 8.74. The minimum Gasteiger partial charge on any atom is -0.313 e. The molecule has 1 aromatic carbocycles. The Bertz CT molecular complexity index is 372. The van der Waals surface area contributed by atoms with Crippen molar-refractivity contribution in [2.75, 3.05) is 13.1 Å². The van der Waals surface area contributed by atoms with Crippen LogP contribution in [-0.4, -0.2) is 30.3 Å². The van der Waals surface area contributed by atoms with Crippen molar-refractivity contribution in [2.45, 2.75) is 38.1 Å². The van der Waals surface area contributed by atoms with Crippen molar-refractivity contribution in [1.29, 1.82) is 0 Å². The maximum Gasteiger partial charge on any atom is 0.460 e. The predicted molar refractivity (Wildman–Crippen MR) is 68.5 cm³/mol.